The quantitative estimate of drug-likeness (QED) is 0.855. The molecule has 0 aliphatic carbocycles. The molecule has 0 radical (unpaired) electrons. The second kappa shape index (κ2) is 7.15. The molecule has 1 amide bonds. The lowest BCUT2D eigenvalue weighted by Gasteiger charge is -2.30. The second-order valence-corrected chi connectivity index (χ2v) is 6.38. The Morgan fingerprint density at radius 3 is 2.83 bits per heavy atom. The molecule has 1 aliphatic heterocycles. The molecule has 2 heterocycles. The Morgan fingerprint density at radius 1 is 1.38 bits per heavy atom. The monoisotopic (exact) mass is 328 g/mol. The van der Waals surface area contributed by atoms with Gasteiger partial charge < -0.3 is 10.4 Å². The summed E-state index contributed by atoms with van der Waals surface area (Å²) in [5.74, 6) is -0.191. The van der Waals surface area contributed by atoms with Crippen molar-refractivity contribution in [3.8, 4) is 0 Å². The van der Waals surface area contributed by atoms with Gasteiger partial charge in [0.05, 0.1) is 17.9 Å². The van der Waals surface area contributed by atoms with Crippen molar-refractivity contribution in [2.75, 3.05) is 19.6 Å². The SMILES string of the molecule is Cc1c(C(=O)NCC(O)CN2CCc3ccccc3C2)cnn1C. The molecule has 128 valence electrons. The van der Waals surface area contributed by atoms with Crippen molar-refractivity contribution in [1.29, 1.82) is 0 Å². The predicted molar refractivity (Wildman–Crippen MR) is 91.7 cm³/mol. The molecule has 2 aromatic rings. The minimum Gasteiger partial charge on any atom is -0.390 e. The standard InChI is InChI=1S/C18H24N4O2/c1-13-17(10-20-21(13)2)18(24)19-9-16(23)12-22-8-7-14-5-3-4-6-15(14)11-22/h3-6,10,16,23H,7-9,11-12H2,1-2H3,(H,19,24). The van der Waals surface area contributed by atoms with Crippen LogP contribution in [-0.4, -0.2) is 51.4 Å². The molecule has 2 N–H and O–H groups in total. The van der Waals surface area contributed by atoms with Gasteiger partial charge in [0, 0.05) is 38.9 Å². The van der Waals surface area contributed by atoms with Crippen molar-refractivity contribution in [2.24, 2.45) is 7.05 Å². The van der Waals surface area contributed by atoms with Gasteiger partial charge in [-0.1, -0.05) is 24.3 Å². The Balaban J connectivity index is 1.49. The summed E-state index contributed by atoms with van der Waals surface area (Å²) in [6.45, 7) is 4.43. The number of nitrogens with zero attached hydrogens (tertiary/aromatic N) is 3. The van der Waals surface area contributed by atoms with E-state index in [-0.39, 0.29) is 12.5 Å². The predicted octanol–water partition coefficient (Wildman–Crippen LogP) is 0.878. The summed E-state index contributed by atoms with van der Waals surface area (Å²) in [7, 11) is 1.80. The fraction of sp³-hybridized carbons (Fsp3) is 0.444. The molecule has 1 aromatic heterocycles. The Morgan fingerprint density at radius 2 is 2.12 bits per heavy atom. The maximum absolute atomic E-state index is 12.1. The molecule has 1 atom stereocenters. The average molecular weight is 328 g/mol. The number of carbonyl (C=O) groups excluding carboxylic acids is 1. The van der Waals surface area contributed by atoms with E-state index in [1.807, 2.05) is 6.92 Å². The molecule has 6 heteroatoms. The number of benzene rings is 1. The van der Waals surface area contributed by atoms with Crippen molar-refractivity contribution in [3.05, 3.63) is 52.8 Å². The zero-order chi connectivity index (χ0) is 17.1. The maximum atomic E-state index is 12.1. The van der Waals surface area contributed by atoms with Crippen LogP contribution in [0, 0.1) is 6.92 Å². The van der Waals surface area contributed by atoms with Crippen LogP contribution in [0.5, 0.6) is 0 Å². The summed E-state index contributed by atoms with van der Waals surface area (Å²) in [5, 5.41) is 17.1. The van der Waals surface area contributed by atoms with Crippen LogP contribution in [0.4, 0.5) is 0 Å². The number of aliphatic hydroxyl groups is 1. The van der Waals surface area contributed by atoms with Crippen LogP contribution in [0.25, 0.3) is 0 Å². The largest absolute Gasteiger partial charge is 0.390 e. The summed E-state index contributed by atoms with van der Waals surface area (Å²) in [6, 6.07) is 8.43. The van der Waals surface area contributed by atoms with Crippen LogP contribution in [0.2, 0.25) is 0 Å². The Kier molecular flexibility index (Phi) is 4.97. The molecule has 1 aliphatic rings. The van der Waals surface area contributed by atoms with E-state index in [0.29, 0.717) is 12.1 Å². The Labute approximate surface area is 142 Å². The molecule has 24 heavy (non-hydrogen) atoms. The summed E-state index contributed by atoms with van der Waals surface area (Å²) >= 11 is 0. The molecular weight excluding hydrogens is 304 g/mol. The van der Waals surface area contributed by atoms with Gasteiger partial charge in [-0.15, -0.1) is 0 Å². The minimum absolute atomic E-state index is 0.191. The van der Waals surface area contributed by atoms with E-state index in [1.165, 1.54) is 11.1 Å². The van der Waals surface area contributed by atoms with Crippen LogP contribution in [0.3, 0.4) is 0 Å². The first-order chi connectivity index (χ1) is 11.5. The first-order valence-electron chi connectivity index (χ1n) is 8.28. The number of aliphatic hydroxyl groups excluding tert-OH is 1. The average Bonchev–Trinajstić information content (AvgIpc) is 2.92. The smallest absolute Gasteiger partial charge is 0.254 e. The maximum Gasteiger partial charge on any atom is 0.254 e. The van der Waals surface area contributed by atoms with Gasteiger partial charge in [-0.3, -0.25) is 14.4 Å². The third kappa shape index (κ3) is 3.66. The third-order valence-electron chi connectivity index (χ3n) is 4.66. The number of rotatable bonds is 5. The lowest BCUT2D eigenvalue weighted by Crippen LogP contribution is -2.42. The number of aromatic nitrogens is 2. The van der Waals surface area contributed by atoms with Crippen molar-refractivity contribution >= 4 is 5.91 Å². The second-order valence-electron chi connectivity index (χ2n) is 6.38. The van der Waals surface area contributed by atoms with Crippen molar-refractivity contribution in [2.45, 2.75) is 26.0 Å². The number of fused-ring (bicyclic) bond motifs is 1. The van der Waals surface area contributed by atoms with Crippen molar-refractivity contribution in [3.63, 3.8) is 0 Å². The lowest BCUT2D eigenvalue weighted by molar-refractivity contribution is 0.0841. The van der Waals surface area contributed by atoms with Crippen molar-refractivity contribution in [1.82, 2.24) is 20.0 Å². The normalized spacial score (nSPS) is 15.8. The first kappa shape index (κ1) is 16.7. The highest BCUT2D eigenvalue weighted by molar-refractivity contribution is 5.95. The van der Waals surface area contributed by atoms with E-state index >= 15 is 0 Å². The van der Waals surface area contributed by atoms with E-state index < -0.39 is 6.10 Å². The number of hydrogen-bond donors (Lipinski definition) is 2. The van der Waals surface area contributed by atoms with Gasteiger partial charge in [-0.25, -0.2) is 0 Å². The van der Waals surface area contributed by atoms with Gasteiger partial charge in [0.25, 0.3) is 5.91 Å². The van der Waals surface area contributed by atoms with Gasteiger partial charge in [0.15, 0.2) is 0 Å². The highest BCUT2D eigenvalue weighted by Crippen LogP contribution is 2.18. The van der Waals surface area contributed by atoms with Crippen LogP contribution in [-0.2, 0) is 20.0 Å². The zero-order valence-electron chi connectivity index (χ0n) is 14.2. The van der Waals surface area contributed by atoms with Gasteiger partial charge in [-0.2, -0.15) is 5.10 Å². The molecule has 0 spiro atoms. The lowest BCUT2D eigenvalue weighted by atomic mass is 10.00. The van der Waals surface area contributed by atoms with E-state index in [9.17, 15) is 9.90 Å². The Bertz CT molecular complexity index is 726. The summed E-state index contributed by atoms with van der Waals surface area (Å²) < 4.78 is 1.66. The van der Waals surface area contributed by atoms with Gasteiger partial charge in [0.1, 0.15) is 0 Å². The summed E-state index contributed by atoms with van der Waals surface area (Å²) in [5.41, 5.74) is 4.08. The van der Waals surface area contributed by atoms with Crippen LogP contribution in [0.1, 0.15) is 27.2 Å². The fourth-order valence-corrected chi connectivity index (χ4v) is 3.10. The molecule has 0 bridgehead atoms. The first-order valence-corrected chi connectivity index (χ1v) is 8.28. The van der Waals surface area contributed by atoms with Gasteiger partial charge in [0.2, 0.25) is 0 Å². The molecule has 0 saturated heterocycles. The number of hydrogen-bond acceptors (Lipinski definition) is 4. The number of aryl methyl sites for hydroxylation is 1. The number of amides is 1. The van der Waals surface area contributed by atoms with Crippen LogP contribution in [0.15, 0.2) is 30.5 Å². The molecule has 0 saturated carbocycles. The summed E-state index contributed by atoms with van der Waals surface area (Å²) in [4.78, 5) is 14.4. The number of carbonyl (C=O) groups is 1. The topological polar surface area (TPSA) is 70.4 Å². The molecule has 1 aromatic carbocycles. The van der Waals surface area contributed by atoms with Gasteiger partial charge >= 0.3 is 0 Å². The molecule has 1 unspecified atom stereocenters. The number of β-amino-alcohol motifs (C(OH)–C–C–N with tert-alkyl or cyclic N) is 1. The highest BCUT2D eigenvalue weighted by atomic mass is 16.3. The van der Waals surface area contributed by atoms with E-state index in [0.717, 1.165) is 25.2 Å². The van der Waals surface area contributed by atoms with Gasteiger partial charge in [-0.05, 0) is 24.5 Å². The summed E-state index contributed by atoms with van der Waals surface area (Å²) in [6.07, 6.45) is 1.97. The van der Waals surface area contributed by atoms with E-state index in [4.69, 9.17) is 0 Å². The molecule has 6 nitrogen and oxygen atoms in total. The number of nitrogens with one attached hydrogen (secondary N) is 1. The third-order valence-corrected chi connectivity index (χ3v) is 4.66. The fourth-order valence-electron chi connectivity index (χ4n) is 3.10. The van der Waals surface area contributed by atoms with Crippen molar-refractivity contribution < 1.29 is 9.90 Å². The zero-order valence-corrected chi connectivity index (χ0v) is 14.2. The highest BCUT2D eigenvalue weighted by Gasteiger charge is 2.19. The van der Waals surface area contributed by atoms with Crippen LogP contribution < -0.4 is 5.32 Å². The molecule has 3 rings (SSSR count). The van der Waals surface area contributed by atoms with Crippen LogP contribution >= 0.6 is 0 Å². The molecule has 0 fully saturated rings. The van der Waals surface area contributed by atoms with E-state index in [2.05, 4.69) is 39.6 Å². The minimum atomic E-state index is -0.587. The molecular formula is C18H24N4O2. The van der Waals surface area contributed by atoms with E-state index in [1.54, 1.807) is 17.9 Å². The Hall–Kier alpha value is -2.18.